The van der Waals surface area contributed by atoms with Crippen LogP contribution in [0.15, 0.2) is 48.4 Å². The molecule has 8 heteroatoms. The third-order valence-electron chi connectivity index (χ3n) is 3.24. The molecule has 23 heavy (non-hydrogen) atoms. The molecule has 3 heterocycles. The van der Waals surface area contributed by atoms with Crippen molar-refractivity contribution in [1.29, 1.82) is 0 Å². The lowest BCUT2D eigenvalue weighted by atomic mass is 10.1. The van der Waals surface area contributed by atoms with E-state index in [-0.39, 0.29) is 5.88 Å². The first-order valence-corrected chi connectivity index (χ1v) is 7.54. The van der Waals surface area contributed by atoms with Crippen molar-refractivity contribution in [3.05, 3.63) is 48.4 Å². The number of nitrogens with zero attached hydrogens (tertiary/aromatic N) is 5. The Hall–Kier alpha value is -3.13. The zero-order chi connectivity index (χ0) is 15.6. The number of thiazole rings is 1. The number of carbonyl (C=O) groups is 1. The van der Waals surface area contributed by atoms with Gasteiger partial charge in [-0.3, -0.25) is 4.79 Å². The van der Waals surface area contributed by atoms with Crippen LogP contribution >= 0.6 is 11.3 Å². The number of aromatic nitrogens is 5. The highest BCUT2D eigenvalue weighted by Gasteiger charge is 2.15. The molecule has 0 aliphatic carbocycles. The minimum absolute atomic E-state index is 0.254. The van der Waals surface area contributed by atoms with Crippen molar-refractivity contribution in [2.75, 3.05) is 0 Å². The van der Waals surface area contributed by atoms with Crippen LogP contribution in [0, 0.1) is 0 Å². The molecule has 0 saturated heterocycles. The van der Waals surface area contributed by atoms with Crippen LogP contribution in [0.5, 0.6) is 5.88 Å². The van der Waals surface area contributed by atoms with Gasteiger partial charge in [-0.25, -0.2) is 14.6 Å². The van der Waals surface area contributed by atoms with Crippen LogP contribution in [0.2, 0.25) is 0 Å². The first-order chi connectivity index (χ1) is 11.4. The molecule has 0 N–H and O–H groups in total. The van der Waals surface area contributed by atoms with Gasteiger partial charge >= 0.3 is 0 Å². The Morgan fingerprint density at radius 2 is 2.00 bits per heavy atom. The van der Waals surface area contributed by atoms with Gasteiger partial charge in [0.2, 0.25) is 11.0 Å². The molecule has 0 amide bonds. The van der Waals surface area contributed by atoms with E-state index >= 15 is 0 Å². The van der Waals surface area contributed by atoms with Crippen LogP contribution in [-0.2, 0) is 4.79 Å². The van der Waals surface area contributed by atoms with Crippen molar-refractivity contribution in [2.24, 2.45) is 0 Å². The topological polar surface area (TPSA) is 82.8 Å². The third-order valence-corrected chi connectivity index (χ3v) is 4.04. The highest BCUT2D eigenvalue weighted by molar-refractivity contribution is 7.12. The van der Waals surface area contributed by atoms with Gasteiger partial charge < -0.3 is 4.74 Å². The van der Waals surface area contributed by atoms with E-state index in [0.29, 0.717) is 11.6 Å². The number of rotatable bonds is 4. The average Bonchev–Trinajstić information content (AvgIpc) is 3.20. The molecular weight excluding hydrogens is 314 g/mol. The standard InChI is InChI=1S/C15H9N5O2S/c21-9-22-13-7-23-15(18-13)20-12-4-2-1-3-11(12)14(19-20)10-5-16-8-17-6-10/h1-9H. The van der Waals surface area contributed by atoms with Gasteiger partial charge in [0, 0.05) is 23.3 Å². The Morgan fingerprint density at radius 3 is 2.83 bits per heavy atom. The third kappa shape index (κ3) is 2.34. The Labute approximate surface area is 134 Å². The zero-order valence-corrected chi connectivity index (χ0v) is 12.5. The average molecular weight is 323 g/mol. The second-order valence-electron chi connectivity index (χ2n) is 4.59. The fourth-order valence-corrected chi connectivity index (χ4v) is 2.99. The summed E-state index contributed by atoms with van der Waals surface area (Å²) in [6.45, 7) is 0.354. The van der Waals surface area contributed by atoms with Crippen molar-refractivity contribution in [2.45, 2.75) is 0 Å². The fraction of sp³-hybridized carbons (Fsp3) is 0. The molecule has 112 valence electrons. The molecule has 0 atom stereocenters. The van der Waals surface area contributed by atoms with Crippen LogP contribution in [-0.4, -0.2) is 31.2 Å². The summed E-state index contributed by atoms with van der Waals surface area (Å²) in [4.78, 5) is 22.8. The number of para-hydroxylation sites is 1. The molecule has 7 nitrogen and oxygen atoms in total. The van der Waals surface area contributed by atoms with E-state index in [4.69, 9.17) is 4.74 Å². The first-order valence-electron chi connectivity index (χ1n) is 6.66. The second-order valence-corrected chi connectivity index (χ2v) is 5.42. The molecule has 0 aliphatic rings. The van der Waals surface area contributed by atoms with Crippen LogP contribution in [0.3, 0.4) is 0 Å². The maximum absolute atomic E-state index is 10.4. The van der Waals surface area contributed by atoms with Crippen LogP contribution in [0.1, 0.15) is 0 Å². The molecule has 4 rings (SSSR count). The molecule has 0 bridgehead atoms. The lowest BCUT2D eigenvalue weighted by molar-refractivity contribution is -0.120. The molecule has 4 aromatic rings. The number of fused-ring (bicyclic) bond motifs is 1. The van der Waals surface area contributed by atoms with E-state index < -0.39 is 0 Å². The molecule has 0 fully saturated rings. The van der Waals surface area contributed by atoms with E-state index in [1.54, 1.807) is 22.5 Å². The summed E-state index contributed by atoms with van der Waals surface area (Å²) in [6.07, 6.45) is 4.91. The molecule has 0 spiro atoms. The molecular formula is C15H9N5O2S. The second kappa shape index (κ2) is 5.58. The normalized spacial score (nSPS) is 10.8. The van der Waals surface area contributed by atoms with Crippen molar-refractivity contribution in [3.63, 3.8) is 0 Å². The lowest BCUT2D eigenvalue weighted by Gasteiger charge is -1.96. The Bertz CT molecular complexity index is 980. The quantitative estimate of drug-likeness (QED) is 0.537. The van der Waals surface area contributed by atoms with Gasteiger partial charge in [-0.2, -0.15) is 10.1 Å². The van der Waals surface area contributed by atoms with E-state index in [2.05, 4.69) is 20.1 Å². The van der Waals surface area contributed by atoms with Gasteiger partial charge in [0.15, 0.2) is 0 Å². The number of carbonyl (C=O) groups excluding carboxylic acids is 1. The first kappa shape index (κ1) is 13.5. The Balaban J connectivity index is 1.92. The smallest absolute Gasteiger partial charge is 0.299 e. The summed E-state index contributed by atoms with van der Waals surface area (Å²) in [7, 11) is 0. The summed E-state index contributed by atoms with van der Waals surface area (Å²) in [5, 5.41) is 7.88. The van der Waals surface area contributed by atoms with Gasteiger partial charge in [0.05, 0.1) is 10.9 Å². The molecule has 0 radical (unpaired) electrons. The van der Waals surface area contributed by atoms with Crippen molar-refractivity contribution in [3.8, 4) is 22.3 Å². The minimum atomic E-state index is 0.254. The SMILES string of the molecule is O=COc1csc(-n2nc(-c3cncnc3)c3ccccc32)n1. The van der Waals surface area contributed by atoms with Crippen LogP contribution in [0.4, 0.5) is 0 Å². The van der Waals surface area contributed by atoms with Gasteiger partial charge in [-0.1, -0.05) is 29.5 Å². The number of hydrogen-bond acceptors (Lipinski definition) is 7. The van der Waals surface area contributed by atoms with E-state index in [1.807, 2.05) is 24.3 Å². The minimum Gasteiger partial charge on any atom is -0.409 e. The molecule has 0 aliphatic heterocycles. The largest absolute Gasteiger partial charge is 0.409 e. The van der Waals surface area contributed by atoms with Crippen molar-refractivity contribution < 1.29 is 9.53 Å². The highest BCUT2D eigenvalue weighted by Crippen LogP contribution is 2.30. The van der Waals surface area contributed by atoms with Crippen LogP contribution in [0.25, 0.3) is 27.3 Å². The van der Waals surface area contributed by atoms with Gasteiger partial charge in [0.25, 0.3) is 6.47 Å². The predicted molar refractivity (Wildman–Crippen MR) is 84.5 cm³/mol. The summed E-state index contributed by atoms with van der Waals surface area (Å²) in [6, 6.07) is 7.82. The zero-order valence-electron chi connectivity index (χ0n) is 11.7. The number of benzene rings is 1. The van der Waals surface area contributed by atoms with Gasteiger partial charge in [0.1, 0.15) is 12.0 Å². The van der Waals surface area contributed by atoms with E-state index in [0.717, 1.165) is 22.2 Å². The fourth-order valence-electron chi connectivity index (χ4n) is 2.30. The summed E-state index contributed by atoms with van der Waals surface area (Å²) in [5.74, 6) is 0.254. The van der Waals surface area contributed by atoms with Crippen molar-refractivity contribution in [1.82, 2.24) is 24.7 Å². The Morgan fingerprint density at radius 1 is 1.17 bits per heavy atom. The summed E-state index contributed by atoms with van der Waals surface area (Å²) < 4.78 is 6.49. The van der Waals surface area contributed by atoms with E-state index in [1.165, 1.54) is 17.7 Å². The summed E-state index contributed by atoms with van der Waals surface area (Å²) >= 11 is 1.34. The van der Waals surface area contributed by atoms with Crippen molar-refractivity contribution >= 4 is 28.7 Å². The monoisotopic (exact) mass is 323 g/mol. The molecule has 3 aromatic heterocycles. The number of hydrogen-bond donors (Lipinski definition) is 0. The summed E-state index contributed by atoms with van der Waals surface area (Å²) in [5.41, 5.74) is 2.50. The maximum atomic E-state index is 10.4. The van der Waals surface area contributed by atoms with Gasteiger partial charge in [-0.05, 0) is 6.07 Å². The highest BCUT2D eigenvalue weighted by atomic mass is 32.1. The lowest BCUT2D eigenvalue weighted by Crippen LogP contribution is -1.96. The van der Waals surface area contributed by atoms with Gasteiger partial charge in [-0.15, -0.1) is 0 Å². The molecule has 0 saturated carbocycles. The maximum Gasteiger partial charge on any atom is 0.299 e. The molecule has 1 aromatic carbocycles. The molecule has 0 unspecified atom stereocenters. The predicted octanol–water partition coefficient (Wildman–Crippen LogP) is 2.47. The Kier molecular flexibility index (Phi) is 3.28. The van der Waals surface area contributed by atoms with E-state index in [9.17, 15) is 4.79 Å². The number of ether oxygens (including phenoxy) is 1. The van der Waals surface area contributed by atoms with Crippen LogP contribution < -0.4 is 4.74 Å².